The van der Waals surface area contributed by atoms with Crippen LogP contribution in [0.4, 0.5) is 5.82 Å². The number of hydrogen-bond acceptors (Lipinski definition) is 3. The average Bonchev–Trinajstić information content (AvgIpc) is 2.46. The van der Waals surface area contributed by atoms with E-state index in [0.29, 0.717) is 6.04 Å². The lowest BCUT2D eigenvalue weighted by atomic mass is 10.1. The molecule has 0 aliphatic carbocycles. The SMILES string of the molecule is CCC(C)N(CC)c1cc(CO)c2ccccc2n1. The topological polar surface area (TPSA) is 36.4 Å². The van der Waals surface area contributed by atoms with Gasteiger partial charge in [-0.05, 0) is 38.0 Å². The van der Waals surface area contributed by atoms with Crippen LogP contribution in [0.15, 0.2) is 30.3 Å². The molecule has 0 radical (unpaired) electrons. The van der Waals surface area contributed by atoms with E-state index in [1.54, 1.807) is 0 Å². The summed E-state index contributed by atoms with van der Waals surface area (Å²) in [5.41, 5.74) is 1.90. The van der Waals surface area contributed by atoms with Gasteiger partial charge in [0.1, 0.15) is 5.82 Å². The Morgan fingerprint density at radius 2 is 2.00 bits per heavy atom. The van der Waals surface area contributed by atoms with Crippen LogP contribution < -0.4 is 4.90 Å². The Morgan fingerprint density at radius 1 is 1.26 bits per heavy atom. The van der Waals surface area contributed by atoms with Crippen molar-refractivity contribution in [3.8, 4) is 0 Å². The molecule has 0 aliphatic rings. The maximum atomic E-state index is 9.56. The quantitative estimate of drug-likeness (QED) is 0.893. The van der Waals surface area contributed by atoms with Crippen LogP contribution in [-0.2, 0) is 6.61 Å². The van der Waals surface area contributed by atoms with E-state index in [0.717, 1.165) is 35.2 Å². The number of anilines is 1. The van der Waals surface area contributed by atoms with Gasteiger partial charge < -0.3 is 10.0 Å². The molecule has 2 aromatic rings. The summed E-state index contributed by atoms with van der Waals surface area (Å²) in [7, 11) is 0. The van der Waals surface area contributed by atoms with Gasteiger partial charge in [0.05, 0.1) is 12.1 Å². The van der Waals surface area contributed by atoms with E-state index in [1.165, 1.54) is 0 Å². The predicted molar refractivity (Wildman–Crippen MR) is 80.4 cm³/mol. The van der Waals surface area contributed by atoms with Crippen LogP contribution in [0.5, 0.6) is 0 Å². The third kappa shape index (κ3) is 2.71. The second kappa shape index (κ2) is 6.02. The number of pyridine rings is 1. The van der Waals surface area contributed by atoms with Crippen molar-refractivity contribution in [3.63, 3.8) is 0 Å². The molecule has 0 amide bonds. The number of nitrogens with zero attached hydrogens (tertiary/aromatic N) is 2. The van der Waals surface area contributed by atoms with Gasteiger partial charge in [-0.3, -0.25) is 0 Å². The minimum atomic E-state index is 0.0497. The largest absolute Gasteiger partial charge is 0.392 e. The highest BCUT2D eigenvalue weighted by molar-refractivity contribution is 5.84. The van der Waals surface area contributed by atoms with Crippen LogP contribution in [0.3, 0.4) is 0 Å². The first-order chi connectivity index (χ1) is 9.21. The van der Waals surface area contributed by atoms with Crippen LogP contribution in [0.2, 0.25) is 0 Å². The van der Waals surface area contributed by atoms with Crippen LogP contribution in [-0.4, -0.2) is 22.7 Å². The molecule has 0 spiro atoms. The van der Waals surface area contributed by atoms with E-state index in [2.05, 4.69) is 25.7 Å². The predicted octanol–water partition coefficient (Wildman–Crippen LogP) is 3.35. The van der Waals surface area contributed by atoms with Gasteiger partial charge in [0.25, 0.3) is 0 Å². The minimum Gasteiger partial charge on any atom is -0.392 e. The Labute approximate surface area is 114 Å². The van der Waals surface area contributed by atoms with E-state index in [4.69, 9.17) is 4.98 Å². The highest BCUT2D eigenvalue weighted by Crippen LogP contribution is 2.24. The summed E-state index contributed by atoms with van der Waals surface area (Å²) in [6, 6.07) is 10.4. The lowest BCUT2D eigenvalue weighted by molar-refractivity contribution is 0.283. The summed E-state index contributed by atoms with van der Waals surface area (Å²) < 4.78 is 0. The Balaban J connectivity index is 2.54. The highest BCUT2D eigenvalue weighted by Gasteiger charge is 2.14. The molecule has 0 aliphatic heterocycles. The van der Waals surface area contributed by atoms with Crippen LogP contribution in [0, 0.1) is 0 Å². The smallest absolute Gasteiger partial charge is 0.129 e. The first-order valence-electron chi connectivity index (χ1n) is 6.97. The molecule has 1 atom stereocenters. The number of benzene rings is 1. The van der Waals surface area contributed by atoms with Gasteiger partial charge in [0.15, 0.2) is 0 Å². The van der Waals surface area contributed by atoms with Gasteiger partial charge in [-0.25, -0.2) is 4.98 Å². The Kier molecular flexibility index (Phi) is 4.38. The fourth-order valence-electron chi connectivity index (χ4n) is 2.43. The summed E-state index contributed by atoms with van der Waals surface area (Å²) >= 11 is 0. The van der Waals surface area contributed by atoms with E-state index >= 15 is 0 Å². The molecular formula is C16H22N2O. The van der Waals surface area contributed by atoms with E-state index < -0.39 is 0 Å². The summed E-state index contributed by atoms with van der Waals surface area (Å²) in [6.07, 6.45) is 1.08. The summed E-state index contributed by atoms with van der Waals surface area (Å²) in [5, 5.41) is 10.6. The number of aliphatic hydroxyl groups is 1. The maximum Gasteiger partial charge on any atom is 0.129 e. The number of aromatic nitrogens is 1. The number of fused-ring (bicyclic) bond motifs is 1. The number of para-hydroxylation sites is 1. The first kappa shape index (κ1) is 13.8. The molecule has 0 saturated carbocycles. The molecule has 3 heteroatoms. The zero-order chi connectivity index (χ0) is 13.8. The van der Waals surface area contributed by atoms with Crippen molar-refractivity contribution in [2.75, 3.05) is 11.4 Å². The molecule has 1 N–H and O–H groups in total. The zero-order valence-electron chi connectivity index (χ0n) is 11.9. The lowest BCUT2D eigenvalue weighted by Gasteiger charge is -2.29. The Hall–Kier alpha value is -1.61. The van der Waals surface area contributed by atoms with Gasteiger partial charge in [0, 0.05) is 18.0 Å². The fourth-order valence-corrected chi connectivity index (χ4v) is 2.43. The van der Waals surface area contributed by atoms with Crippen molar-refractivity contribution in [3.05, 3.63) is 35.9 Å². The summed E-state index contributed by atoms with van der Waals surface area (Å²) in [4.78, 5) is 7.02. The molecule has 1 aromatic carbocycles. The zero-order valence-corrected chi connectivity index (χ0v) is 11.9. The van der Waals surface area contributed by atoms with Gasteiger partial charge >= 0.3 is 0 Å². The van der Waals surface area contributed by atoms with Crippen LogP contribution in [0.25, 0.3) is 10.9 Å². The van der Waals surface area contributed by atoms with Gasteiger partial charge in [-0.1, -0.05) is 25.1 Å². The van der Waals surface area contributed by atoms with Crippen molar-refractivity contribution >= 4 is 16.7 Å². The van der Waals surface area contributed by atoms with Gasteiger partial charge in [-0.15, -0.1) is 0 Å². The number of aliphatic hydroxyl groups excluding tert-OH is 1. The second-order valence-electron chi connectivity index (χ2n) is 4.86. The first-order valence-corrected chi connectivity index (χ1v) is 6.97. The van der Waals surface area contributed by atoms with Gasteiger partial charge in [-0.2, -0.15) is 0 Å². The molecule has 0 saturated heterocycles. The molecule has 0 fully saturated rings. The van der Waals surface area contributed by atoms with E-state index in [9.17, 15) is 5.11 Å². The van der Waals surface area contributed by atoms with Crippen molar-refractivity contribution in [1.82, 2.24) is 4.98 Å². The van der Waals surface area contributed by atoms with Crippen molar-refractivity contribution < 1.29 is 5.11 Å². The van der Waals surface area contributed by atoms with Gasteiger partial charge in [0.2, 0.25) is 0 Å². The lowest BCUT2D eigenvalue weighted by Crippen LogP contribution is -2.33. The molecule has 1 unspecified atom stereocenters. The van der Waals surface area contributed by atoms with Crippen LogP contribution >= 0.6 is 0 Å². The molecule has 2 rings (SSSR count). The number of hydrogen-bond donors (Lipinski definition) is 1. The Morgan fingerprint density at radius 3 is 2.63 bits per heavy atom. The normalized spacial score (nSPS) is 12.6. The molecule has 0 bridgehead atoms. The number of rotatable bonds is 5. The molecule has 102 valence electrons. The van der Waals surface area contributed by atoms with Crippen LogP contribution in [0.1, 0.15) is 32.8 Å². The standard InChI is InChI=1S/C16H22N2O/c1-4-12(3)18(5-2)16-10-13(11-19)14-8-6-7-9-15(14)17-16/h6-10,12,19H,4-5,11H2,1-3H3. The summed E-state index contributed by atoms with van der Waals surface area (Å²) in [5.74, 6) is 0.958. The van der Waals surface area contributed by atoms with Crippen molar-refractivity contribution in [2.24, 2.45) is 0 Å². The summed E-state index contributed by atoms with van der Waals surface area (Å²) in [6.45, 7) is 7.50. The monoisotopic (exact) mass is 258 g/mol. The molecule has 1 heterocycles. The third-order valence-corrected chi connectivity index (χ3v) is 3.72. The van der Waals surface area contributed by atoms with Crippen molar-refractivity contribution in [2.45, 2.75) is 39.8 Å². The maximum absolute atomic E-state index is 9.56. The second-order valence-corrected chi connectivity index (χ2v) is 4.86. The van der Waals surface area contributed by atoms with E-state index in [1.807, 2.05) is 30.3 Å². The van der Waals surface area contributed by atoms with Crippen molar-refractivity contribution in [1.29, 1.82) is 0 Å². The minimum absolute atomic E-state index is 0.0497. The third-order valence-electron chi connectivity index (χ3n) is 3.72. The highest BCUT2D eigenvalue weighted by atomic mass is 16.3. The fraction of sp³-hybridized carbons (Fsp3) is 0.438. The average molecular weight is 258 g/mol. The molecule has 1 aromatic heterocycles. The van der Waals surface area contributed by atoms with E-state index in [-0.39, 0.29) is 6.61 Å². The Bertz CT molecular complexity index is 553. The molecule has 19 heavy (non-hydrogen) atoms. The molecule has 3 nitrogen and oxygen atoms in total. The molecular weight excluding hydrogens is 236 g/mol.